The van der Waals surface area contributed by atoms with E-state index in [9.17, 15) is 4.79 Å². The quantitative estimate of drug-likeness (QED) is 0.659. The van der Waals surface area contributed by atoms with E-state index in [2.05, 4.69) is 18.7 Å². The molecule has 0 saturated carbocycles. The molecule has 1 fully saturated rings. The highest BCUT2D eigenvalue weighted by molar-refractivity contribution is 5.66. The summed E-state index contributed by atoms with van der Waals surface area (Å²) in [5.74, 6) is 1.04. The van der Waals surface area contributed by atoms with Crippen molar-refractivity contribution in [3.63, 3.8) is 0 Å². The molecule has 0 radical (unpaired) electrons. The van der Waals surface area contributed by atoms with Crippen molar-refractivity contribution in [3.05, 3.63) is 0 Å². The molecule has 0 amide bonds. The molecule has 0 aromatic rings. The lowest BCUT2D eigenvalue weighted by molar-refractivity contribution is -0.137. The molecule has 1 aliphatic rings. The molecule has 0 aromatic heterocycles. The molecule has 1 rings (SSSR count). The number of unbranched alkanes of at least 4 members (excludes halogenated alkanes) is 2. The van der Waals surface area contributed by atoms with Crippen LogP contribution in [0.2, 0.25) is 0 Å². The van der Waals surface area contributed by atoms with Crippen LogP contribution in [-0.2, 0) is 4.79 Å². The molecular weight excluding hydrogens is 190 g/mol. The number of carboxylic acids is 1. The number of hydrogen-bond acceptors (Lipinski definition) is 2. The zero-order valence-electron chi connectivity index (χ0n) is 9.91. The fourth-order valence-corrected chi connectivity index (χ4v) is 2.00. The summed E-state index contributed by atoms with van der Waals surface area (Å²) in [6.07, 6.45) is 3.36. The van der Waals surface area contributed by atoms with E-state index in [1.54, 1.807) is 0 Å². The normalized spacial score (nSPS) is 18.1. The third-order valence-corrected chi connectivity index (χ3v) is 3.29. The number of rotatable bonds is 7. The Bertz CT molecular complexity index is 198. The highest BCUT2D eigenvalue weighted by Gasteiger charge is 2.27. The lowest BCUT2D eigenvalue weighted by atomic mass is 9.88. The molecule has 0 aromatic carbocycles. The standard InChI is InChI=1S/C12H23NO2/c1-10(2)11-8-13(9-11)7-5-3-4-6-12(14)15/h10-11H,3-9H2,1-2H3,(H,14,15). The zero-order chi connectivity index (χ0) is 11.3. The van der Waals surface area contributed by atoms with Crippen molar-refractivity contribution in [1.29, 1.82) is 0 Å². The van der Waals surface area contributed by atoms with Crippen LogP contribution in [-0.4, -0.2) is 35.6 Å². The van der Waals surface area contributed by atoms with Crippen LogP contribution in [0, 0.1) is 11.8 Å². The number of carbonyl (C=O) groups is 1. The molecular formula is C12H23NO2. The van der Waals surface area contributed by atoms with Gasteiger partial charge in [-0.2, -0.15) is 0 Å². The molecule has 0 unspecified atom stereocenters. The van der Waals surface area contributed by atoms with E-state index in [0.717, 1.165) is 37.6 Å². The average molecular weight is 213 g/mol. The second-order valence-corrected chi connectivity index (χ2v) is 4.97. The van der Waals surface area contributed by atoms with Crippen molar-refractivity contribution < 1.29 is 9.90 Å². The molecule has 0 bridgehead atoms. The van der Waals surface area contributed by atoms with E-state index in [4.69, 9.17) is 5.11 Å². The molecule has 15 heavy (non-hydrogen) atoms. The van der Waals surface area contributed by atoms with Crippen molar-refractivity contribution >= 4 is 5.97 Å². The second-order valence-electron chi connectivity index (χ2n) is 4.97. The number of likely N-dealkylation sites (tertiary alicyclic amines) is 1. The maximum atomic E-state index is 10.3. The summed E-state index contributed by atoms with van der Waals surface area (Å²) >= 11 is 0. The topological polar surface area (TPSA) is 40.5 Å². The van der Waals surface area contributed by atoms with Crippen LogP contribution >= 0.6 is 0 Å². The molecule has 0 aliphatic carbocycles. The van der Waals surface area contributed by atoms with E-state index >= 15 is 0 Å². The Kier molecular flexibility index (Phi) is 5.09. The average Bonchev–Trinajstić information content (AvgIpc) is 2.06. The predicted octanol–water partition coefficient (Wildman–Crippen LogP) is 2.22. The van der Waals surface area contributed by atoms with Gasteiger partial charge in [0.2, 0.25) is 0 Å². The van der Waals surface area contributed by atoms with Crippen LogP contribution in [0.3, 0.4) is 0 Å². The summed E-state index contributed by atoms with van der Waals surface area (Å²) in [4.78, 5) is 12.7. The molecule has 1 N–H and O–H groups in total. The molecule has 3 nitrogen and oxygen atoms in total. The minimum Gasteiger partial charge on any atom is -0.481 e. The Balaban J connectivity index is 1.88. The van der Waals surface area contributed by atoms with Crippen molar-refractivity contribution in [2.45, 2.75) is 39.5 Å². The second kappa shape index (κ2) is 6.11. The lowest BCUT2D eigenvalue weighted by Crippen LogP contribution is -2.49. The minimum atomic E-state index is -0.668. The largest absolute Gasteiger partial charge is 0.481 e. The van der Waals surface area contributed by atoms with Gasteiger partial charge < -0.3 is 10.0 Å². The SMILES string of the molecule is CC(C)C1CN(CCCCCC(=O)O)C1. The van der Waals surface area contributed by atoms with Crippen LogP contribution in [0.4, 0.5) is 0 Å². The van der Waals surface area contributed by atoms with Crippen LogP contribution in [0.25, 0.3) is 0 Å². The number of aliphatic carboxylic acids is 1. The van der Waals surface area contributed by atoms with Gasteiger partial charge in [-0.3, -0.25) is 4.79 Å². The van der Waals surface area contributed by atoms with Gasteiger partial charge in [0.15, 0.2) is 0 Å². The van der Waals surface area contributed by atoms with E-state index in [-0.39, 0.29) is 0 Å². The number of nitrogens with zero attached hydrogens (tertiary/aromatic N) is 1. The van der Waals surface area contributed by atoms with E-state index in [1.807, 2.05) is 0 Å². The lowest BCUT2D eigenvalue weighted by Gasteiger charge is -2.41. The first kappa shape index (κ1) is 12.5. The van der Waals surface area contributed by atoms with Gasteiger partial charge in [0, 0.05) is 19.5 Å². The molecule has 88 valence electrons. The summed E-state index contributed by atoms with van der Waals surface area (Å²) in [5.41, 5.74) is 0. The first-order valence-corrected chi connectivity index (χ1v) is 6.03. The summed E-state index contributed by atoms with van der Waals surface area (Å²) < 4.78 is 0. The molecule has 3 heteroatoms. The minimum absolute atomic E-state index is 0.328. The Hall–Kier alpha value is -0.570. The first-order valence-electron chi connectivity index (χ1n) is 6.03. The van der Waals surface area contributed by atoms with Crippen LogP contribution in [0.5, 0.6) is 0 Å². The Morgan fingerprint density at radius 2 is 2.00 bits per heavy atom. The van der Waals surface area contributed by atoms with E-state index < -0.39 is 5.97 Å². The third kappa shape index (κ3) is 4.65. The maximum Gasteiger partial charge on any atom is 0.303 e. The Labute approximate surface area is 92.5 Å². The van der Waals surface area contributed by atoms with E-state index in [0.29, 0.717) is 6.42 Å². The van der Waals surface area contributed by atoms with Crippen LogP contribution in [0.15, 0.2) is 0 Å². The molecule has 0 atom stereocenters. The van der Waals surface area contributed by atoms with Crippen molar-refractivity contribution in [1.82, 2.24) is 4.90 Å². The smallest absolute Gasteiger partial charge is 0.303 e. The highest BCUT2D eigenvalue weighted by Crippen LogP contribution is 2.23. The third-order valence-electron chi connectivity index (χ3n) is 3.29. The summed E-state index contributed by atoms with van der Waals surface area (Å²) in [7, 11) is 0. The van der Waals surface area contributed by atoms with Crippen LogP contribution < -0.4 is 0 Å². The van der Waals surface area contributed by atoms with Gasteiger partial charge in [0.25, 0.3) is 0 Å². The Morgan fingerprint density at radius 3 is 2.53 bits per heavy atom. The fourth-order valence-electron chi connectivity index (χ4n) is 2.00. The molecule has 1 saturated heterocycles. The molecule has 1 heterocycles. The number of carboxylic acid groups (broad SMARTS) is 1. The fraction of sp³-hybridized carbons (Fsp3) is 0.917. The van der Waals surface area contributed by atoms with Crippen molar-refractivity contribution in [2.75, 3.05) is 19.6 Å². The van der Waals surface area contributed by atoms with Crippen LogP contribution in [0.1, 0.15) is 39.5 Å². The molecule has 0 spiro atoms. The van der Waals surface area contributed by atoms with Gasteiger partial charge in [0.1, 0.15) is 0 Å². The zero-order valence-corrected chi connectivity index (χ0v) is 9.91. The van der Waals surface area contributed by atoms with E-state index in [1.165, 1.54) is 13.1 Å². The van der Waals surface area contributed by atoms with Crippen molar-refractivity contribution in [2.24, 2.45) is 11.8 Å². The van der Waals surface area contributed by atoms with Gasteiger partial charge in [-0.15, -0.1) is 0 Å². The summed E-state index contributed by atoms with van der Waals surface area (Å²) in [6.45, 7) is 8.22. The predicted molar refractivity (Wildman–Crippen MR) is 60.9 cm³/mol. The van der Waals surface area contributed by atoms with Crippen molar-refractivity contribution in [3.8, 4) is 0 Å². The summed E-state index contributed by atoms with van der Waals surface area (Å²) in [6, 6.07) is 0. The van der Waals surface area contributed by atoms with Gasteiger partial charge >= 0.3 is 5.97 Å². The monoisotopic (exact) mass is 213 g/mol. The number of hydrogen-bond donors (Lipinski definition) is 1. The highest BCUT2D eigenvalue weighted by atomic mass is 16.4. The first-order chi connectivity index (χ1) is 7.09. The van der Waals surface area contributed by atoms with Gasteiger partial charge in [-0.25, -0.2) is 0 Å². The van der Waals surface area contributed by atoms with Gasteiger partial charge in [-0.05, 0) is 31.2 Å². The molecule has 1 aliphatic heterocycles. The maximum absolute atomic E-state index is 10.3. The van der Waals surface area contributed by atoms with Gasteiger partial charge in [-0.1, -0.05) is 20.3 Å². The Morgan fingerprint density at radius 1 is 1.33 bits per heavy atom. The summed E-state index contributed by atoms with van der Waals surface area (Å²) in [5, 5.41) is 8.46. The van der Waals surface area contributed by atoms with Gasteiger partial charge in [0.05, 0.1) is 0 Å².